The first-order valence-electron chi connectivity index (χ1n) is 6.61. The fraction of sp³-hybridized carbons (Fsp3) is 0.500. The smallest absolute Gasteiger partial charge is 0.130 e. The fourth-order valence-electron chi connectivity index (χ4n) is 1.44. The zero-order valence-corrected chi connectivity index (χ0v) is 12.3. The molecule has 0 rings (SSSR count). The largest absolute Gasteiger partial charge is 0.396 e. The van der Waals surface area contributed by atoms with Crippen molar-refractivity contribution in [3.8, 4) is 0 Å². The van der Waals surface area contributed by atoms with Crippen LogP contribution in [0.5, 0.6) is 0 Å². The van der Waals surface area contributed by atoms with E-state index in [2.05, 4.69) is 15.5 Å². The Morgan fingerprint density at radius 2 is 2.25 bits per heavy atom. The number of oxime groups is 1. The van der Waals surface area contributed by atoms with Crippen LogP contribution in [-0.2, 0) is 4.84 Å². The molecule has 0 amide bonds. The molecule has 0 bridgehead atoms. The number of rotatable bonds is 9. The third-order valence-corrected chi connectivity index (χ3v) is 2.53. The number of nitrogens with zero attached hydrogens (tertiary/aromatic N) is 2. The molecule has 1 atom stereocenters. The van der Waals surface area contributed by atoms with Crippen molar-refractivity contribution < 1.29 is 9.94 Å². The van der Waals surface area contributed by atoms with Gasteiger partial charge in [-0.3, -0.25) is 5.41 Å². The highest BCUT2D eigenvalue weighted by Gasteiger charge is 2.09. The van der Waals surface area contributed by atoms with E-state index >= 15 is 0 Å². The molecule has 0 saturated heterocycles. The maximum Gasteiger partial charge on any atom is 0.130 e. The SMILES string of the molecule is C/C=N/O/C=C/C=C(C)/C(=N\C=N)NC(CC)CCO. The monoisotopic (exact) mass is 280 g/mol. The van der Waals surface area contributed by atoms with Gasteiger partial charge in [-0.25, -0.2) is 4.99 Å². The molecule has 0 heterocycles. The van der Waals surface area contributed by atoms with Gasteiger partial charge in [-0.2, -0.15) is 0 Å². The lowest BCUT2D eigenvalue weighted by Gasteiger charge is -2.18. The van der Waals surface area contributed by atoms with Gasteiger partial charge in [-0.05, 0) is 38.3 Å². The second kappa shape index (κ2) is 12.1. The summed E-state index contributed by atoms with van der Waals surface area (Å²) < 4.78 is 0. The molecule has 0 aliphatic carbocycles. The minimum absolute atomic E-state index is 0.120. The van der Waals surface area contributed by atoms with Crippen molar-refractivity contribution in [1.29, 1.82) is 5.41 Å². The van der Waals surface area contributed by atoms with E-state index in [9.17, 15) is 0 Å². The van der Waals surface area contributed by atoms with Gasteiger partial charge in [0.2, 0.25) is 0 Å². The third kappa shape index (κ3) is 8.20. The van der Waals surface area contributed by atoms with Crippen molar-refractivity contribution in [3.05, 3.63) is 24.0 Å². The van der Waals surface area contributed by atoms with Crippen LogP contribution >= 0.6 is 0 Å². The average Bonchev–Trinajstić information content (AvgIpc) is 2.45. The van der Waals surface area contributed by atoms with Gasteiger partial charge < -0.3 is 15.3 Å². The second-order valence-corrected chi connectivity index (χ2v) is 4.02. The number of aliphatic hydroxyl groups is 1. The van der Waals surface area contributed by atoms with Gasteiger partial charge in [-0.15, -0.1) is 0 Å². The number of aliphatic hydroxyl groups excluding tert-OH is 1. The Morgan fingerprint density at radius 1 is 1.50 bits per heavy atom. The van der Waals surface area contributed by atoms with Crippen molar-refractivity contribution in [2.75, 3.05) is 6.61 Å². The van der Waals surface area contributed by atoms with E-state index in [4.69, 9.17) is 15.4 Å². The van der Waals surface area contributed by atoms with Crippen LogP contribution in [0.4, 0.5) is 0 Å². The van der Waals surface area contributed by atoms with E-state index in [1.54, 1.807) is 19.2 Å². The summed E-state index contributed by atoms with van der Waals surface area (Å²) in [5, 5.41) is 22.9. The molecule has 0 aromatic carbocycles. The highest BCUT2D eigenvalue weighted by molar-refractivity contribution is 6.01. The normalized spacial score (nSPS) is 14.8. The number of hydrogen-bond donors (Lipinski definition) is 3. The molecule has 0 aliphatic rings. The summed E-state index contributed by atoms with van der Waals surface area (Å²) in [6.07, 6.45) is 9.03. The third-order valence-electron chi connectivity index (χ3n) is 2.53. The Morgan fingerprint density at radius 3 is 2.80 bits per heavy atom. The van der Waals surface area contributed by atoms with Crippen LogP contribution in [0.15, 0.2) is 34.1 Å². The number of amidine groups is 1. The molecule has 112 valence electrons. The molecule has 6 heteroatoms. The van der Waals surface area contributed by atoms with Gasteiger partial charge in [0, 0.05) is 18.9 Å². The molecular weight excluding hydrogens is 256 g/mol. The molecule has 0 aromatic rings. The Balaban J connectivity index is 4.72. The summed E-state index contributed by atoms with van der Waals surface area (Å²) in [6.45, 7) is 5.80. The molecule has 6 nitrogen and oxygen atoms in total. The van der Waals surface area contributed by atoms with Crippen LogP contribution in [0.3, 0.4) is 0 Å². The van der Waals surface area contributed by atoms with Crippen molar-refractivity contribution in [2.24, 2.45) is 10.1 Å². The van der Waals surface area contributed by atoms with Crippen LogP contribution < -0.4 is 5.32 Å². The molecule has 0 spiro atoms. The Kier molecular flexibility index (Phi) is 10.9. The lowest BCUT2D eigenvalue weighted by Crippen LogP contribution is -2.35. The molecular formula is C14H24N4O2. The molecule has 0 saturated carbocycles. The molecule has 0 aliphatic heterocycles. The molecule has 3 N–H and O–H groups in total. The summed E-state index contributed by atoms with van der Waals surface area (Å²) in [6, 6.07) is 0.131. The van der Waals surface area contributed by atoms with Crippen LogP contribution in [0, 0.1) is 5.41 Å². The van der Waals surface area contributed by atoms with E-state index in [0.29, 0.717) is 12.3 Å². The van der Waals surface area contributed by atoms with Crippen molar-refractivity contribution in [1.82, 2.24) is 5.32 Å². The fourth-order valence-corrected chi connectivity index (χ4v) is 1.44. The van der Waals surface area contributed by atoms with Crippen LogP contribution in [0.1, 0.15) is 33.6 Å². The Hall–Kier alpha value is -1.95. The second-order valence-electron chi connectivity index (χ2n) is 4.02. The Labute approximate surface area is 120 Å². The average molecular weight is 280 g/mol. The van der Waals surface area contributed by atoms with E-state index in [1.807, 2.05) is 19.9 Å². The standard InChI is InChI=1S/C14H24N4O2/c1-4-13(8-9-19)18-14(16-11-15)12(3)7-6-10-20-17-5-2/h5-7,10-11,13,19H,4,8-9H2,1-3H3,(H2,15,16,18)/b10-6+,12-7+,17-5+. The summed E-state index contributed by atoms with van der Waals surface area (Å²) in [7, 11) is 0. The van der Waals surface area contributed by atoms with E-state index in [0.717, 1.165) is 18.3 Å². The molecule has 20 heavy (non-hydrogen) atoms. The lowest BCUT2D eigenvalue weighted by atomic mass is 10.1. The summed E-state index contributed by atoms with van der Waals surface area (Å²) in [5.74, 6) is 0.615. The summed E-state index contributed by atoms with van der Waals surface area (Å²) in [5.41, 5.74) is 0.866. The summed E-state index contributed by atoms with van der Waals surface area (Å²) >= 11 is 0. The molecule has 0 radical (unpaired) electrons. The Bertz CT molecular complexity index is 387. The van der Waals surface area contributed by atoms with Gasteiger partial charge in [0.1, 0.15) is 18.4 Å². The first-order chi connectivity index (χ1) is 9.69. The predicted molar refractivity (Wildman–Crippen MR) is 83.3 cm³/mol. The minimum Gasteiger partial charge on any atom is -0.396 e. The van der Waals surface area contributed by atoms with Gasteiger partial charge in [0.25, 0.3) is 0 Å². The van der Waals surface area contributed by atoms with Gasteiger partial charge in [0.15, 0.2) is 0 Å². The first kappa shape index (κ1) is 18.0. The van der Waals surface area contributed by atoms with Gasteiger partial charge in [0.05, 0.1) is 0 Å². The predicted octanol–water partition coefficient (Wildman–Crippen LogP) is 2.22. The van der Waals surface area contributed by atoms with Crippen LogP contribution in [-0.4, -0.2) is 36.1 Å². The zero-order valence-electron chi connectivity index (χ0n) is 12.3. The van der Waals surface area contributed by atoms with Crippen molar-refractivity contribution in [2.45, 2.75) is 39.7 Å². The number of allylic oxidation sites excluding steroid dienone is 2. The van der Waals surface area contributed by atoms with E-state index in [-0.39, 0.29) is 12.6 Å². The lowest BCUT2D eigenvalue weighted by molar-refractivity contribution is 0.269. The van der Waals surface area contributed by atoms with E-state index in [1.165, 1.54) is 6.26 Å². The van der Waals surface area contributed by atoms with Gasteiger partial charge >= 0.3 is 0 Å². The number of nitrogens with one attached hydrogen (secondary N) is 2. The number of hydrogen-bond acceptors (Lipinski definition) is 4. The molecule has 0 fully saturated rings. The number of aliphatic imine (C=N–C) groups is 1. The van der Waals surface area contributed by atoms with E-state index < -0.39 is 0 Å². The topological polar surface area (TPSA) is 90.1 Å². The highest BCUT2D eigenvalue weighted by Crippen LogP contribution is 2.02. The van der Waals surface area contributed by atoms with Gasteiger partial charge in [-0.1, -0.05) is 18.2 Å². The maximum absolute atomic E-state index is 8.99. The highest BCUT2D eigenvalue weighted by atomic mass is 16.6. The molecule has 0 aromatic heterocycles. The van der Waals surface area contributed by atoms with Crippen LogP contribution in [0.25, 0.3) is 0 Å². The minimum atomic E-state index is 0.120. The first-order valence-corrected chi connectivity index (χ1v) is 6.61. The molecule has 1 unspecified atom stereocenters. The maximum atomic E-state index is 8.99. The zero-order chi connectivity index (χ0) is 15.2. The quantitative estimate of drug-likeness (QED) is 0.199. The van der Waals surface area contributed by atoms with Crippen LogP contribution in [0.2, 0.25) is 0 Å². The summed E-state index contributed by atoms with van der Waals surface area (Å²) in [4.78, 5) is 8.82. The van der Waals surface area contributed by atoms with Crippen molar-refractivity contribution in [3.63, 3.8) is 0 Å². The van der Waals surface area contributed by atoms with Crippen molar-refractivity contribution >= 4 is 18.4 Å².